The topological polar surface area (TPSA) is 20.2 Å². The molecule has 0 unspecified atom stereocenters. The molecule has 1 atom stereocenters. The molecule has 0 saturated carbocycles. The van der Waals surface area contributed by atoms with E-state index in [0.717, 1.165) is 18.4 Å². The summed E-state index contributed by atoms with van der Waals surface area (Å²) in [5, 5.41) is 12.7. The van der Waals surface area contributed by atoms with Gasteiger partial charge >= 0.3 is 0 Å². The first-order valence-electron chi connectivity index (χ1n) is 7.03. The maximum atomic E-state index is 10.2. The Kier molecular flexibility index (Phi) is 3.80. The second kappa shape index (κ2) is 5.89. The van der Waals surface area contributed by atoms with Gasteiger partial charge in [-0.25, -0.2) is 0 Å². The van der Waals surface area contributed by atoms with Gasteiger partial charge in [-0.1, -0.05) is 72.8 Å². The fraction of sp³-hybridized carbons (Fsp3) is 0.158. The summed E-state index contributed by atoms with van der Waals surface area (Å²) in [6, 6.07) is 24.8. The number of aryl methyl sites for hydroxylation is 1. The molecule has 0 radical (unpaired) electrons. The zero-order valence-corrected chi connectivity index (χ0v) is 11.4. The van der Waals surface area contributed by atoms with Crippen molar-refractivity contribution in [2.24, 2.45) is 0 Å². The summed E-state index contributed by atoms with van der Waals surface area (Å²) in [7, 11) is 0. The molecule has 3 rings (SSSR count). The molecule has 0 aromatic heterocycles. The SMILES string of the molecule is O[C@H](CCc1ccc2ccccc2c1)c1ccccc1. The van der Waals surface area contributed by atoms with Gasteiger partial charge in [0.05, 0.1) is 6.10 Å². The van der Waals surface area contributed by atoms with Crippen molar-refractivity contribution in [1.82, 2.24) is 0 Å². The largest absolute Gasteiger partial charge is 0.388 e. The summed E-state index contributed by atoms with van der Waals surface area (Å²) in [5.74, 6) is 0. The first-order chi connectivity index (χ1) is 9.83. The molecule has 20 heavy (non-hydrogen) atoms. The number of hydrogen-bond acceptors (Lipinski definition) is 1. The van der Waals surface area contributed by atoms with Crippen molar-refractivity contribution in [2.75, 3.05) is 0 Å². The quantitative estimate of drug-likeness (QED) is 0.733. The average molecular weight is 262 g/mol. The second-order valence-electron chi connectivity index (χ2n) is 5.15. The summed E-state index contributed by atoms with van der Waals surface area (Å²) in [6.45, 7) is 0. The average Bonchev–Trinajstić information content (AvgIpc) is 2.53. The third-order valence-electron chi connectivity index (χ3n) is 3.70. The summed E-state index contributed by atoms with van der Waals surface area (Å²) in [5.41, 5.74) is 2.27. The molecule has 0 saturated heterocycles. The van der Waals surface area contributed by atoms with Crippen molar-refractivity contribution in [2.45, 2.75) is 18.9 Å². The predicted octanol–water partition coefficient (Wildman–Crippen LogP) is 4.51. The van der Waals surface area contributed by atoms with Crippen LogP contribution in [0.1, 0.15) is 23.7 Å². The minimum Gasteiger partial charge on any atom is -0.388 e. The first-order valence-corrected chi connectivity index (χ1v) is 7.03. The minimum atomic E-state index is -0.386. The molecule has 0 aliphatic rings. The number of rotatable bonds is 4. The number of hydrogen-bond donors (Lipinski definition) is 1. The predicted molar refractivity (Wildman–Crippen MR) is 83.7 cm³/mol. The Morgan fingerprint density at radius 3 is 2.25 bits per heavy atom. The van der Waals surface area contributed by atoms with Crippen LogP contribution < -0.4 is 0 Å². The van der Waals surface area contributed by atoms with Crippen molar-refractivity contribution < 1.29 is 5.11 Å². The molecule has 1 heteroatoms. The highest BCUT2D eigenvalue weighted by molar-refractivity contribution is 5.82. The molecular formula is C19H18O. The van der Waals surface area contributed by atoms with Gasteiger partial charge in [-0.3, -0.25) is 0 Å². The van der Waals surface area contributed by atoms with E-state index < -0.39 is 0 Å². The molecule has 0 spiro atoms. The summed E-state index contributed by atoms with van der Waals surface area (Å²) in [6.07, 6.45) is 1.26. The van der Waals surface area contributed by atoms with Crippen molar-refractivity contribution in [3.8, 4) is 0 Å². The van der Waals surface area contributed by atoms with Crippen molar-refractivity contribution in [3.05, 3.63) is 83.9 Å². The van der Waals surface area contributed by atoms with E-state index >= 15 is 0 Å². The maximum absolute atomic E-state index is 10.2. The van der Waals surface area contributed by atoms with Gasteiger partial charge in [0.25, 0.3) is 0 Å². The molecule has 0 fully saturated rings. The standard InChI is InChI=1S/C19H18O/c20-19(17-7-2-1-3-8-17)13-11-15-10-12-16-6-4-5-9-18(16)14-15/h1-10,12,14,19-20H,11,13H2/t19-/m1/s1. The first kappa shape index (κ1) is 12.9. The Labute approximate surface area is 119 Å². The molecule has 1 nitrogen and oxygen atoms in total. The summed E-state index contributed by atoms with van der Waals surface area (Å²) < 4.78 is 0. The fourth-order valence-electron chi connectivity index (χ4n) is 2.54. The Morgan fingerprint density at radius 2 is 1.45 bits per heavy atom. The van der Waals surface area contributed by atoms with Crippen LogP contribution in [-0.2, 0) is 6.42 Å². The van der Waals surface area contributed by atoms with Crippen LogP contribution in [-0.4, -0.2) is 5.11 Å². The lowest BCUT2D eigenvalue weighted by atomic mass is 9.99. The Morgan fingerprint density at radius 1 is 0.750 bits per heavy atom. The van der Waals surface area contributed by atoms with Gasteiger partial charge < -0.3 is 5.11 Å². The van der Waals surface area contributed by atoms with Crippen LogP contribution in [0.2, 0.25) is 0 Å². The third-order valence-corrected chi connectivity index (χ3v) is 3.70. The molecule has 0 amide bonds. The van der Waals surface area contributed by atoms with Crippen LogP contribution >= 0.6 is 0 Å². The van der Waals surface area contributed by atoms with Gasteiger partial charge in [-0.2, -0.15) is 0 Å². The van der Waals surface area contributed by atoms with Crippen molar-refractivity contribution in [1.29, 1.82) is 0 Å². The fourth-order valence-corrected chi connectivity index (χ4v) is 2.54. The number of aliphatic hydroxyl groups excluding tert-OH is 1. The lowest BCUT2D eigenvalue weighted by Gasteiger charge is -2.11. The minimum absolute atomic E-state index is 0.386. The van der Waals surface area contributed by atoms with Gasteiger partial charge in [0, 0.05) is 0 Å². The van der Waals surface area contributed by atoms with Gasteiger partial charge in [0.1, 0.15) is 0 Å². The Bertz CT molecular complexity index is 688. The van der Waals surface area contributed by atoms with E-state index in [1.807, 2.05) is 30.3 Å². The van der Waals surface area contributed by atoms with Gasteiger partial charge in [-0.05, 0) is 34.7 Å². The van der Waals surface area contributed by atoms with E-state index in [-0.39, 0.29) is 6.10 Å². The van der Waals surface area contributed by atoms with E-state index in [4.69, 9.17) is 0 Å². The van der Waals surface area contributed by atoms with Crippen LogP contribution in [0.3, 0.4) is 0 Å². The third kappa shape index (κ3) is 2.89. The number of benzene rings is 3. The van der Waals surface area contributed by atoms with Crippen LogP contribution in [0.25, 0.3) is 10.8 Å². The van der Waals surface area contributed by atoms with E-state index in [0.29, 0.717) is 0 Å². The van der Waals surface area contributed by atoms with Crippen molar-refractivity contribution in [3.63, 3.8) is 0 Å². The van der Waals surface area contributed by atoms with E-state index in [2.05, 4.69) is 42.5 Å². The zero-order chi connectivity index (χ0) is 13.8. The molecule has 0 heterocycles. The highest BCUT2D eigenvalue weighted by Crippen LogP contribution is 2.21. The van der Waals surface area contributed by atoms with Crippen LogP contribution in [0.5, 0.6) is 0 Å². The molecule has 0 aliphatic carbocycles. The van der Waals surface area contributed by atoms with Gasteiger partial charge in [-0.15, -0.1) is 0 Å². The molecule has 3 aromatic rings. The number of fused-ring (bicyclic) bond motifs is 1. The molecule has 0 aliphatic heterocycles. The smallest absolute Gasteiger partial charge is 0.0793 e. The molecular weight excluding hydrogens is 244 g/mol. The monoisotopic (exact) mass is 262 g/mol. The molecule has 1 N–H and O–H groups in total. The van der Waals surface area contributed by atoms with E-state index in [9.17, 15) is 5.11 Å². The lowest BCUT2D eigenvalue weighted by Crippen LogP contribution is -1.99. The van der Waals surface area contributed by atoms with Crippen LogP contribution in [0.4, 0.5) is 0 Å². The zero-order valence-electron chi connectivity index (χ0n) is 11.4. The lowest BCUT2D eigenvalue weighted by molar-refractivity contribution is 0.168. The van der Waals surface area contributed by atoms with E-state index in [1.165, 1.54) is 16.3 Å². The van der Waals surface area contributed by atoms with Crippen LogP contribution in [0.15, 0.2) is 72.8 Å². The molecule has 3 aromatic carbocycles. The second-order valence-corrected chi connectivity index (χ2v) is 5.15. The Balaban J connectivity index is 1.70. The van der Waals surface area contributed by atoms with Crippen LogP contribution in [0, 0.1) is 0 Å². The highest BCUT2D eigenvalue weighted by Gasteiger charge is 2.07. The van der Waals surface area contributed by atoms with Crippen molar-refractivity contribution >= 4 is 10.8 Å². The number of aliphatic hydroxyl groups is 1. The van der Waals surface area contributed by atoms with E-state index in [1.54, 1.807) is 0 Å². The molecule has 100 valence electrons. The molecule has 0 bridgehead atoms. The maximum Gasteiger partial charge on any atom is 0.0793 e. The van der Waals surface area contributed by atoms with Gasteiger partial charge in [0.2, 0.25) is 0 Å². The van der Waals surface area contributed by atoms with Gasteiger partial charge in [0.15, 0.2) is 0 Å². The summed E-state index contributed by atoms with van der Waals surface area (Å²) in [4.78, 5) is 0. The highest BCUT2D eigenvalue weighted by atomic mass is 16.3. The normalized spacial score (nSPS) is 12.4. The summed E-state index contributed by atoms with van der Waals surface area (Å²) >= 11 is 0. The Hall–Kier alpha value is -2.12.